The summed E-state index contributed by atoms with van der Waals surface area (Å²) in [6.45, 7) is 5.77. The van der Waals surface area contributed by atoms with E-state index in [1.807, 2.05) is 11.9 Å². The van der Waals surface area contributed by atoms with E-state index in [9.17, 15) is 9.18 Å². The number of piperazine rings is 1. The lowest BCUT2D eigenvalue weighted by Gasteiger charge is -2.32. The lowest BCUT2D eigenvalue weighted by Crippen LogP contribution is -2.49. The fraction of sp³-hybridized carbons (Fsp3) is 0.562. The molecule has 1 aliphatic heterocycles. The molecule has 1 N–H and O–H groups in total. The summed E-state index contributed by atoms with van der Waals surface area (Å²) in [6, 6.07) is 6.69. The molecule has 1 unspecified atom stereocenters. The van der Waals surface area contributed by atoms with Gasteiger partial charge in [-0.1, -0.05) is 19.1 Å². The van der Waals surface area contributed by atoms with Crippen LogP contribution in [0.2, 0.25) is 0 Å². The van der Waals surface area contributed by atoms with Gasteiger partial charge in [-0.25, -0.2) is 4.39 Å². The van der Waals surface area contributed by atoms with E-state index in [4.69, 9.17) is 0 Å². The lowest BCUT2D eigenvalue weighted by molar-refractivity contribution is -0.133. The summed E-state index contributed by atoms with van der Waals surface area (Å²) < 4.78 is 13.0. The summed E-state index contributed by atoms with van der Waals surface area (Å²) in [5.74, 6) is -0.0623. The maximum Gasteiger partial charge on any atom is 0.236 e. The van der Waals surface area contributed by atoms with Crippen molar-refractivity contribution in [2.75, 3.05) is 39.8 Å². The largest absolute Gasteiger partial charge is 0.339 e. The molecule has 4 nitrogen and oxygen atoms in total. The smallest absolute Gasteiger partial charge is 0.236 e. The molecule has 0 aliphatic carbocycles. The molecule has 1 aromatic carbocycles. The highest BCUT2D eigenvalue weighted by Crippen LogP contribution is 2.23. The van der Waals surface area contributed by atoms with Crippen molar-refractivity contribution in [2.45, 2.75) is 19.4 Å². The zero-order chi connectivity index (χ0) is 15.2. The second-order valence-electron chi connectivity index (χ2n) is 5.52. The Morgan fingerprint density at radius 1 is 1.32 bits per heavy atom. The van der Waals surface area contributed by atoms with E-state index < -0.39 is 0 Å². The molecule has 0 radical (unpaired) electrons. The highest BCUT2D eigenvalue weighted by atomic mass is 35.5. The van der Waals surface area contributed by atoms with E-state index in [-0.39, 0.29) is 30.2 Å². The van der Waals surface area contributed by atoms with Crippen molar-refractivity contribution in [3.63, 3.8) is 0 Å². The van der Waals surface area contributed by atoms with Crippen molar-refractivity contribution >= 4 is 18.3 Å². The fourth-order valence-electron chi connectivity index (χ4n) is 2.82. The SMILES string of the molecule is CCC(c1ccc(F)cc1)N(C)CC(=O)N1CCNCC1.Cl. The number of halogens is 2. The number of rotatable bonds is 5. The predicted octanol–water partition coefficient (Wildman–Crippen LogP) is 2.06. The lowest BCUT2D eigenvalue weighted by atomic mass is 10.0. The van der Waals surface area contributed by atoms with E-state index in [2.05, 4.69) is 17.1 Å². The number of nitrogens with one attached hydrogen (secondary N) is 1. The van der Waals surface area contributed by atoms with Crippen LogP contribution in [0.3, 0.4) is 0 Å². The second-order valence-corrected chi connectivity index (χ2v) is 5.52. The third-order valence-electron chi connectivity index (χ3n) is 4.03. The first kappa shape index (κ1) is 18.9. The van der Waals surface area contributed by atoms with Gasteiger partial charge in [0, 0.05) is 32.2 Å². The summed E-state index contributed by atoms with van der Waals surface area (Å²) >= 11 is 0. The van der Waals surface area contributed by atoms with Crippen LogP contribution in [-0.4, -0.2) is 55.5 Å². The average molecular weight is 330 g/mol. The van der Waals surface area contributed by atoms with Gasteiger partial charge in [-0.15, -0.1) is 12.4 Å². The molecule has 22 heavy (non-hydrogen) atoms. The number of amides is 1. The molecule has 0 aromatic heterocycles. The van der Waals surface area contributed by atoms with E-state index in [1.54, 1.807) is 12.1 Å². The van der Waals surface area contributed by atoms with Crippen LogP contribution in [0.25, 0.3) is 0 Å². The Kier molecular flexibility index (Phi) is 7.79. The number of hydrogen-bond donors (Lipinski definition) is 1. The van der Waals surface area contributed by atoms with Crippen molar-refractivity contribution in [2.24, 2.45) is 0 Å². The van der Waals surface area contributed by atoms with Crippen molar-refractivity contribution < 1.29 is 9.18 Å². The summed E-state index contributed by atoms with van der Waals surface area (Å²) in [5, 5.41) is 3.24. The Bertz CT molecular complexity index is 463. The van der Waals surface area contributed by atoms with Crippen LogP contribution >= 0.6 is 12.4 Å². The molecule has 1 amide bonds. The minimum absolute atomic E-state index is 0. The normalized spacial score (nSPS) is 16.3. The molecule has 6 heteroatoms. The van der Waals surface area contributed by atoms with Gasteiger partial charge >= 0.3 is 0 Å². The van der Waals surface area contributed by atoms with Crippen molar-refractivity contribution in [3.8, 4) is 0 Å². The monoisotopic (exact) mass is 329 g/mol. The van der Waals surface area contributed by atoms with E-state index in [0.717, 1.165) is 38.2 Å². The molecule has 1 atom stereocenters. The van der Waals surface area contributed by atoms with Crippen LogP contribution in [0.5, 0.6) is 0 Å². The van der Waals surface area contributed by atoms with Crippen molar-refractivity contribution in [3.05, 3.63) is 35.6 Å². The minimum Gasteiger partial charge on any atom is -0.339 e. The first-order valence-corrected chi connectivity index (χ1v) is 7.56. The maximum absolute atomic E-state index is 13.0. The molecule has 1 aromatic rings. The zero-order valence-electron chi connectivity index (χ0n) is 13.2. The Balaban J connectivity index is 0.00000242. The summed E-state index contributed by atoms with van der Waals surface area (Å²) in [5.41, 5.74) is 1.05. The van der Waals surface area contributed by atoms with E-state index in [1.165, 1.54) is 12.1 Å². The van der Waals surface area contributed by atoms with Crippen molar-refractivity contribution in [1.29, 1.82) is 0 Å². The summed E-state index contributed by atoms with van der Waals surface area (Å²) in [6.07, 6.45) is 0.886. The Labute approximate surface area is 138 Å². The minimum atomic E-state index is -0.229. The van der Waals surface area contributed by atoms with Gasteiger partial charge in [0.1, 0.15) is 5.82 Å². The van der Waals surface area contributed by atoms with Crippen LogP contribution in [0.4, 0.5) is 4.39 Å². The van der Waals surface area contributed by atoms with Gasteiger partial charge in [0.15, 0.2) is 0 Å². The number of carbonyl (C=O) groups excluding carboxylic acids is 1. The number of carbonyl (C=O) groups is 1. The van der Waals surface area contributed by atoms with Gasteiger partial charge in [0.25, 0.3) is 0 Å². The molecule has 0 spiro atoms. The Morgan fingerprint density at radius 3 is 2.45 bits per heavy atom. The third kappa shape index (κ3) is 4.93. The van der Waals surface area contributed by atoms with Gasteiger partial charge in [-0.3, -0.25) is 9.69 Å². The molecule has 1 heterocycles. The quantitative estimate of drug-likeness (QED) is 0.898. The van der Waals surface area contributed by atoms with E-state index >= 15 is 0 Å². The third-order valence-corrected chi connectivity index (χ3v) is 4.03. The maximum atomic E-state index is 13.0. The zero-order valence-corrected chi connectivity index (χ0v) is 14.0. The first-order chi connectivity index (χ1) is 10.1. The van der Waals surface area contributed by atoms with Gasteiger partial charge in [-0.2, -0.15) is 0 Å². The highest BCUT2D eigenvalue weighted by molar-refractivity contribution is 5.85. The molecule has 1 aliphatic rings. The highest BCUT2D eigenvalue weighted by Gasteiger charge is 2.22. The Hall–Kier alpha value is -1.17. The van der Waals surface area contributed by atoms with E-state index in [0.29, 0.717) is 6.54 Å². The number of likely N-dealkylation sites (N-methyl/N-ethyl adjacent to an activating group) is 1. The molecule has 1 saturated heterocycles. The predicted molar refractivity (Wildman–Crippen MR) is 88.8 cm³/mol. The van der Waals surface area contributed by atoms with Gasteiger partial charge in [0.2, 0.25) is 5.91 Å². The molecule has 2 rings (SSSR count). The molecular formula is C16H25ClFN3O. The van der Waals surface area contributed by atoms with Crippen molar-refractivity contribution in [1.82, 2.24) is 15.1 Å². The van der Waals surface area contributed by atoms with Gasteiger partial charge in [-0.05, 0) is 31.2 Å². The molecule has 1 fully saturated rings. The first-order valence-electron chi connectivity index (χ1n) is 7.56. The Morgan fingerprint density at radius 2 is 1.91 bits per heavy atom. The number of nitrogens with zero attached hydrogens (tertiary/aromatic N) is 2. The average Bonchev–Trinajstić information content (AvgIpc) is 2.50. The molecule has 0 bridgehead atoms. The standard InChI is InChI=1S/C16H24FN3O.ClH/c1-3-15(13-4-6-14(17)7-5-13)19(2)12-16(21)20-10-8-18-9-11-20;/h4-7,15,18H,3,8-12H2,1-2H3;1H. The van der Waals surface area contributed by atoms with Crippen LogP contribution in [0.15, 0.2) is 24.3 Å². The van der Waals surface area contributed by atoms with Gasteiger partial charge < -0.3 is 10.2 Å². The summed E-state index contributed by atoms with van der Waals surface area (Å²) in [4.78, 5) is 16.3. The number of benzene rings is 1. The number of hydrogen-bond acceptors (Lipinski definition) is 3. The van der Waals surface area contributed by atoms with Crippen LogP contribution in [0, 0.1) is 5.82 Å². The van der Waals surface area contributed by atoms with Crippen LogP contribution in [0.1, 0.15) is 24.9 Å². The van der Waals surface area contributed by atoms with Crippen LogP contribution < -0.4 is 5.32 Å². The molecular weight excluding hydrogens is 305 g/mol. The fourth-order valence-corrected chi connectivity index (χ4v) is 2.82. The van der Waals surface area contributed by atoms with Crippen LogP contribution in [-0.2, 0) is 4.79 Å². The summed E-state index contributed by atoms with van der Waals surface area (Å²) in [7, 11) is 1.96. The second kappa shape index (κ2) is 9.08. The molecule has 0 saturated carbocycles. The topological polar surface area (TPSA) is 35.6 Å². The molecule has 124 valence electrons. The van der Waals surface area contributed by atoms with Gasteiger partial charge in [0.05, 0.1) is 6.54 Å².